The van der Waals surface area contributed by atoms with Crippen LogP contribution in [0.1, 0.15) is 0 Å². The highest BCUT2D eigenvalue weighted by Crippen LogP contribution is 2.32. The lowest BCUT2D eigenvalue weighted by Crippen LogP contribution is -2.20. The molecule has 0 unspecified atom stereocenters. The predicted molar refractivity (Wildman–Crippen MR) is 79.3 cm³/mol. The standard InChI is InChI=1S/C14H10N2O4S/c1-19-8-4-2-3-7-10-9(13(18)20-11(7)8)12(17)15-14-16(10)5-6-21-14/h2-4H,5-6H2,1H3. The molecule has 21 heavy (non-hydrogen) atoms. The number of thioether (sulfide) groups is 1. The van der Waals surface area contributed by atoms with Gasteiger partial charge in [-0.2, -0.15) is 4.98 Å². The second-order valence-electron chi connectivity index (χ2n) is 4.65. The molecule has 3 aromatic rings. The molecule has 0 fully saturated rings. The van der Waals surface area contributed by atoms with Gasteiger partial charge in [-0.25, -0.2) is 4.79 Å². The molecule has 0 saturated carbocycles. The van der Waals surface area contributed by atoms with E-state index in [4.69, 9.17) is 9.15 Å². The summed E-state index contributed by atoms with van der Waals surface area (Å²) in [5.74, 6) is 1.30. The second kappa shape index (κ2) is 4.36. The molecule has 0 aliphatic carbocycles. The zero-order chi connectivity index (χ0) is 14.6. The van der Waals surface area contributed by atoms with E-state index < -0.39 is 11.2 Å². The molecule has 0 bridgehead atoms. The second-order valence-corrected chi connectivity index (χ2v) is 5.71. The van der Waals surface area contributed by atoms with Crippen LogP contribution < -0.4 is 15.9 Å². The summed E-state index contributed by atoms with van der Waals surface area (Å²) in [5, 5.41) is 1.33. The molecule has 1 aliphatic rings. The minimum atomic E-state index is -0.674. The van der Waals surface area contributed by atoms with Crippen LogP contribution >= 0.6 is 11.8 Å². The number of aryl methyl sites for hydroxylation is 1. The highest BCUT2D eigenvalue weighted by molar-refractivity contribution is 7.99. The third-order valence-corrected chi connectivity index (χ3v) is 4.50. The van der Waals surface area contributed by atoms with E-state index in [1.54, 1.807) is 12.1 Å². The molecule has 0 radical (unpaired) electrons. The number of hydrogen-bond donors (Lipinski definition) is 0. The Morgan fingerprint density at radius 2 is 2.24 bits per heavy atom. The minimum Gasteiger partial charge on any atom is -0.493 e. The first-order valence-corrected chi connectivity index (χ1v) is 7.36. The number of para-hydroxylation sites is 1. The Hall–Kier alpha value is -2.28. The summed E-state index contributed by atoms with van der Waals surface area (Å²) < 4.78 is 12.4. The highest BCUT2D eigenvalue weighted by Gasteiger charge is 2.22. The molecule has 7 heteroatoms. The molecule has 0 N–H and O–H groups in total. The summed E-state index contributed by atoms with van der Waals surface area (Å²) in [6.07, 6.45) is 0. The van der Waals surface area contributed by atoms with Crippen molar-refractivity contribution in [2.24, 2.45) is 0 Å². The van der Waals surface area contributed by atoms with E-state index in [1.165, 1.54) is 18.9 Å². The van der Waals surface area contributed by atoms with Gasteiger partial charge in [0.2, 0.25) is 0 Å². The van der Waals surface area contributed by atoms with Gasteiger partial charge >= 0.3 is 5.63 Å². The van der Waals surface area contributed by atoms with Crippen molar-refractivity contribution in [3.63, 3.8) is 0 Å². The number of ether oxygens (including phenoxy) is 1. The topological polar surface area (TPSA) is 74.3 Å². The maximum absolute atomic E-state index is 12.2. The SMILES string of the molecule is COc1cccc2c1oc(=O)c1c(=O)nc3n(c12)CCS3. The first kappa shape index (κ1) is 12.5. The van der Waals surface area contributed by atoms with Crippen molar-refractivity contribution < 1.29 is 9.15 Å². The Balaban J connectivity index is 2.36. The van der Waals surface area contributed by atoms with Crippen molar-refractivity contribution in [1.29, 1.82) is 0 Å². The number of benzene rings is 1. The zero-order valence-corrected chi connectivity index (χ0v) is 11.9. The summed E-state index contributed by atoms with van der Waals surface area (Å²) >= 11 is 1.51. The monoisotopic (exact) mass is 302 g/mol. The van der Waals surface area contributed by atoms with Crippen LogP contribution in [0.5, 0.6) is 5.75 Å². The molecule has 1 aliphatic heterocycles. The highest BCUT2D eigenvalue weighted by atomic mass is 32.2. The molecule has 0 amide bonds. The van der Waals surface area contributed by atoms with Crippen LogP contribution in [0, 0.1) is 0 Å². The van der Waals surface area contributed by atoms with Crippen LogP contribution in [0.3, 0.4) is 0 Å². The number of fused-ring (bicyclic) bond motifs is 5. The summed E-state index contributed by atoms with van der Waals surface area (Å²) in [4.78, 5) is 28.3. The van der Waals surface area contributed by atoms with Gasteiger partial charge in [0, 0.05) is 17.7 Å². The number of rotatable bonds is 1. The summed E-state index contributed by atoms with van der Waals surface area (Å²) in [5.41, 5.74) is -0.273. The summed E-state index contributed by atoms with van der Waals surface area (Å²) in [6, 6.07) is 5.34. The van der Waals surface area contributed by atoms with Crippen molar-refractivity contribution in [3.8, 4) is 5.75 Å². The van der Waals surface area contributed by atoms with Gasteiger partial charge in [0.15, 0.2) is 21.9 Å². The van der Waals surface area contributed by atoms with Gasteiger partial charge < -0.3 is 13.7 Å². The van der Waals surface area contributed by atoms with Crippen molar-refractivity contribution >= 4 is 33.6 Å². The maximum atomic E-state index is 12.2. The van der Waals surface area contributed by atoms with Crippen molar-refractivity contribution in [1.82, 2.24) is 9.55 Å². The van der Waals surface area contributed by atoms with E-state index in [1.807, 2.05) is 10.6 Å². The third kappa shape index (κ3) is 1.64. The van der Waals surface area contributed by atoms with Gasteiger partial charge in [0.1, 0.15) is 0 Å². The first-order chi connectivity index (χ1) is 10.2. The Morgan fingerprint density at radius 3 is 3.05 bits per heavy atom. The number of methoxy groups -OCH3 is 1. The van der Waals surface area contributed by atoms with Crippen LogP contribution in [-0.2, 0) is 6.54 Å². The van der Waals surface area contributed by atoms with Crippen LogP contribution in [0.2, 0.25) is 0 Å². The van der Waals surface area contributed by atoms with Crippen LogP contribution in [0.25, 0.3) is 21.9 Å². The minimum absolute atomic E-state index is 0.00185. The molecule has 2 aromatic heterocycles. The predicted octanol–water partition coefficient (Wildman–Crippen LogP) is 1.62. The smallest absolute Gasteiger partial charge is 0.351 e. The van der Waals surface area contributed by atoms with E-state index >= 15 is 0 Å². The van der Waals surface area contributed by atoms with E-state index in [9.17, 15) is 9.59 Å². The van der Waals surface area contributed by atoms with E-state index in [-0.39, 0.29) is 5.39 Å². The third-order valence-electron chi connectivity index (χ3n) is 3.55. The largest absolute Gasteiger partial charge is 0.493 e. The molecule has 0 saturated heterocycles. The van der Waals surface area contributed by atoms with Crippen molar-refractivity contribution in [2.75, 3.05) is 12.9 Å². The Kier molecular flexibility index (Phi) is 2.58. The molecule has 4 rings (SSSR count). The fourth-order valence-electron chi connectivity index (χ4n) is 2.66. The fraction of sp³-hybridized carbons (Fsp3) is 0.214. The van der Waals surface area contributed by atoms with Crippen LogP contribution in [0.4, 0.5) is 0 Å². The average molecular weight is 302 g/mol. The average Bonchev–Trinajstić information content (AvgIpc) is 2.94. The van der Waals surface area contributed by atoms with Crippen molar-refractivity contribution in [2.45, 2.75) is 11.7 Å². The maximum Gasteiger partial charge on any atom is 0.351 e. The summed E-state index contributed by atoms with van der Waals surface area (Å²) in [6.45, 7) is 0.708. The van der Waals surface area contributed by atoms with Gasteiger partial charge in [-0.3, -0.25) is 4.79 Å². The van der Waals surface area contributed by atoms with Gasteiger partial charge in [-0.05, 0) is 12.1 Å². The number of hydrogen-bond acceptors (Lipinski definition) is 6. The van der Waals surface area contributed by atoms with Gasteiger partial charge in [-0.15, -0.1) is 0 Å². The van der Waals surface area contributed by atoms with Gasteiger partial charge in [0.05, 0.1) is 12.6 Å². The quantitative estimate of drug-likeness (QED) is 0.386. The Morgan fingerprint density at radius 1 is 1.38 bits per heavy atom. The van der Waals surface area contributed by atoms with E-state index in [2.05, 4.69) is 4.98 Å². The fourth-order valence-corrected chi connectivity index (χ4v) is 3.60. The van der Waals surface area contributed by atoms with Gasteiger partial charge in [-0.1, -0.05) is 17.8 Å². The van der Waals surface area contributed by atoms with E-state index in [0.717, 1.165) is 5.75 Å². The lowest BCUT2D eigenvalue weighted by Gasteiger charge is -2.10. The molecule has 0 atom stereocenters. The number of aromatic nitrogens is 2. The molecule has 106 valence electrons. The first-order valence-electron chi connectivity index (χ1n) is 6.38. The lowest BCUT2D eigenvalue weighted by atomic mass is 10.1. The Bertz CT molecular complexity index is 1010. The molecule has 0 spiro atoms. The van der Waals surface area contributed by atoms with Crippen LogP contribution in [0.15, 0.2) is 37.4 Å². The molecule has 6 nitrogen and oxygen atoms in total. The van der Waals surface area contributed by atoms with E-state index in [0.29, 0.717) is 33.9 Å². The normalized spacial score (nSPS) is 13.8. The molecule has 1 aromatic carbocycles. The Labute approximate surface area is 122 Å². The molecular weight excluding hydrogens is 292 g/mol. The van der Waals surface area contributed by atoms with Crippen molar-refractivity contribution in [3.05, 3.63) is 39.0 Å². The summed E-state index contributed by atoms with van der Waals surface area (Å²) in [7, 11) is 1.51. The lowest BCUT2D eigenvalue weighted by molar-refractivity contribution is 0.407. The molecule has 3 heterocycles. The molecular formula is C14H10N2O4S. The van der Waals surface area contributed by atoms with Gasteiger partial charge in [0.25, 0.3) is 5.56 Å². The van der Waals surface area contributed by atoms with Crippen LogP contribution in [-0.4, -0.2) is 22.4 Å². The number of nitrogens with zero attached hydrogens (tertiary/aromatic N) is 2. The zero-order valence-electron chi connectivity index (χ0n) is 11.1.